The van der Waals surface area contributed by atoms with Gasteiger partial charge in [0, 0.05) is 12.2 Å². The molecule has 0 bridgehead atoms. The van der Waals surface area contributed by atoms with Crippen molar-refractivity contribution in [1.82, 2.24) is 4.90 Å². The molecule has 1 fully saturated rings. The number of piperidine rings is 1. The van der Waals surface area contributed by atoms with Gasteiger partial charge >= 0.3 is 5.97 Å². The molecule has 1 saturated heterocycles. The molecule has 1 atom stereocenters. The molecule has 23 heavy (non-hydrogen) atoms. The number of ether oxygens (including phenoxy) is 1. The molecule has 1 aliphatic rings. The number of likely N-dealkylation sites (tertiary alicyclic amines) is 1. The Kier molecular flexibility index (Phi) is 6.24. The lowest BCUT2D eigenvalue weighted by Crippen LogP contribution is -2.43. The molecule has 7 heteroatoms. The quantitative estimate of drug-likeness (QED) is 0.634. The standard InChI is InChI=1S/C16H22ClN3O3/c1-2-23-16(22)11-4-3-7-20(9-11)10-15(21)19-14-6-5-12(18)8-13(14)17/h5-6,8,11H,2-4,7,9-10,18H2,1H3,(H,19,21). The maximum absolute atomic E-state index is 12.2. The number of carbonyl (C=O) groups is 2. The second kappa shape index (κ2) is 8.17. The van der Waals surface area contributed by atoms with Crippen molar-refractivity contribution < 1.29 is 14.3 Å². The second-order valence-electron chi connectivity index (χ2n) is 5.61. The lowest BCUT2D eigenvalue weighted by molar-refractivity contribution is -0.150. The van der Waals surface area contributed by atoms with Crippen LogP contribution in [0.2, 0.25) is 5.02 Å². The molecule has 1 unspecified atom stereocenters. The molecule has 2 rings (SSSR count). The van der Waals surface area contributed by atoms with Crippen LogP contribution in [0.4, 0.5) is 11.4 Å². The maximum atomic E-state index is 12.2. The summed E-state index contributed by atoms with van der Waals surface area (Å²) in [6, 6.07) is 4.95. The van der Waals surface area contributed by atoms with E-state index in [1.807, 2.05) is 4.90 Å². The zero-order valence-corrected chi connectivity index (χ0v) is 13.9. The average molecular weight is 340 g/mol. The van der Waals surface area contributed by atoms with E-state index in [0.29, 0.717) is 29.5 Å². The smallest absolute Gasteiger partial charge is 0.310 e. The van der Waals surface area contributed by atoms with Gasteiger partial charge in [0.2, 0.25) is 5.91 Å². The molecule has 1 amide bonds. The fraction of sp³-hybridized carbons (Fsp3) is 0.500. The molecular formula is C16H22ClN3O3. The summed E-state index contributed by atoms with van der Waals surface area (Å²) < 4.78 is 5.06. The summed E-state index contributed by atoms with van der Waals surface area (Å²) in [6.45, 7) is 3.73. The van der Waals surface area contributed by atoms with Gasteiger partial charge < -0.3 is 15.8 Å². The van der Waals surface area contributed by atoms with Gasteiger partial charge in [-0.2, -0.15) is 0 Å². The predicted molar refractivity (Wildman–Crippen MR) is 90.3 cm³/mol. The van der Waals surface area contributed by atoms with Crippen LogP contribution in [0, 0.1) is 5.92 Å². The Bertz CT molecular complexity index is 580. The normalized spacial score (nSPS) is 18.4. The highest BCUT2D eigenvalue weighted by atomic mass is 35.5. The van der Waals surface area contributed by atoms with Crippen molar-refractivity contribution in [2.75, 3.05) is 37.3 Å². The first kappa shape index (κ1) is 17.6. The molecule has 3 N–H and O–H groups in total. The van der Waals surface area contributed by atoms with Crippen molar-refractivity contribution in [1.29, 1.82) is 0 Å². The summed E-state index contributed by atoms with van der Waals surface area (Å²) in [5, 5.41) is 3.17. The van der Waals surface area contributed by atoms with Crippen LogP contribution >= 0.6 is 11.6 Å². The van der Waals surface area contributed by atoms with E-state index < -0.39 is 0 Å². The van der Waals surface area contributed by atoms with Crippen LogP contribution in [0.5, 0.6) is 0 Å². The summed E-state index contributed by atoms with van der Waals surface area (Å²) in [4.78, 5) is 25.9. The van der Waals surface area contributed by atoms with E-state index in [9.17, 15) is 9.59 Å². The van der Waals surface area contributed by atoms with Gasteiger partial charge in [0.05, 0.1) is 29.8 Å². The van der Waals surface area contributed by atoms with E-state index in [4.69, 9.17) is 22.1 Å². The molecule has 1 heterocycles. The first-order valence-electron chi connectivity index (χ1n) is 7.73. The third kappa shape index (κ3) is 5.11. The summed E-state index contributed by atoms with van der Waals surface area (Å²) in [5.41, 5.74) is 6.70. The monoisotopic (exact) mass is 339 g/mol. The zero-order chi connectivity index (χ0) is 16.8. The van der Waals surface area contributed by atoms with Gasteiger partial charge in [-0.25, -0.2) is 0 Å². The fourth-order valence-electron chi connectivity index (χ4n) is 2.68. The zero-order valence-electron chi connectivity index (χ0n) is 13.2. The van der Waals surface area contributed by atoms with Crippen LogP contribution in [-0.2, 0) is 14.3 Å². The van der Waals surface area contributed by atoms with Crippen molar-refractivity contribution in [2.45, 2.75) is 19.8 Å². The number of hydrogen-bond donors (Lipinski definition) is 2. The van der Waals surface area contributed by atoms with Gasteiger partial charge in [-0.1, -0.05) is 11.6 Å². The third-order valence-electron chi connectivity index (χ3n) is 3.76. The lowest BCUT2D eigenvalue weighted by Gasteiger charge is -2.30. The van der Waals surface area contributed by atoms with E-state index in [2.05, 4.69) is 5.32 Å². The number of carbonyl (C=O) groups excluding carboxylic acids is 2. The molecule has 6 nitrogen and oxygen atoms in total. The lowest BCUT2D eigenvalue weighted by atomic mass is 9.98. The number of nitrogen functional groups attached to an aromatic ring is 1. The number of nitrogens with zero attached hydrogens (tertiary/aromatic N) is 1. The predicted octanol–water partition coefficient (Wildman–Crippen LogP) is 2.14. The Morgan fingerprint density at radius 3 is 2.96 bits per heavy atom. The van der Waals surface area contributed by atoms with Gasteiger partial charge in [0.15, 0.2) is 0 Å². The number of hydrogen-bond acceptors (Lipinski definition) is 5. The molecule has 1 aromatic carbocycles. The number of nitrogens with two attached hydrogens (primary N) is 1. The molecule has 126 valence electrons. The van der Waals surface area contributed by atoms with E-state index >= 15 is 0 Å². The fourth-order valence-corrected chi connectivity index (χ4v) is 2.91. The summed E-state index contributed by atoms with van der Waals surface area (Å²) >= 11 is 6.05. The molecule has 1 aliphatic heterocycles. The van der Waals surface area contributed by atoms with Crippen LogP contribution in [0.3, 0.4) is 0 Å². The number of benzene rings is 1. The van der Waals surface area contributed by atoms with Gasteiger partial charge in [0.1, 0.15) is 0 Å². The van der Waals surface area contributed by atoms with Crippen LogP contribution < -0.4 is 11.1 Å². The Balaban J connectivity index is 1.88. The average Bonchev–Trinajstić information content (AvgIpc) is 2.50. The molecule has 0 spiro atoms. The number of halogens is 1. The second-order valence-corrected chi connectivity index (χ2v) is 6.02. The first-order chi connectivity index (χ1) is 11.0. The van der Waals surface area contributed by atoms with E-state index in [1.54, 1.807) is 25.1 Å². The van der Waals surface area contributed by atoms with Crippen molar-refractivity contribution in [3.05, 3.63) is 23.2 Å². The van der Waals surface area contributed by atoms with E-state index in [0.717, 1.165) is 19.4 Å². The Morgan fingerprint density at radius 2 is 2.26 bits per heavy atom. The Labute approximate surface area is 140 Å². The van der Waals surface area contributed by atoms with Crippen molar-refractivity contribution in [2.24, 2.45) is 5.92 Å². The van der Waals surface area contributed by atoms with Crippen molar-refractivity contribution in [3.8, 4) is 0 Å². The van der Waals surface area contributed by atoms with Crippen LogP contribution in [0.15, 0.2) is 18.2 Å². The highest BCUT2D eigenvalue weighted by molar-refractivity contribution is 6.34. The molecular weight excluding hydrogens is 318 g/mol. The number of esters is 1. The minimum Gasteiger partial charge on any atom is -0.466 e. The Hall–Kier alpha value is -1.79. The SMILES string of the molecule is CCOC(=O)C1CCCN(CC(=O)Nc2ccc(N)cc2Cl)C1. The number of rotatable bonds is 5. The third-order valence-corrected chi connectivity index (χ3v) is 4.07. The topological polar surface area (TPSA) is 84.7 Å². The highest BCUT2D eigenvalue weighted by Crippen LogP contribution is 2.24. The highest BCUT2D eigenvalue weighted by Gasteiger charge is 2.27. The summed E-state index contributed by atoms with van der Waals surface area (Å²) in [7, 11) is 0. The van der Waals surface area contributed by atoms with Crippen molar-refractivity contribution >= 4 is 34.9 Å². The number of amides is 1. The van der Waals surface area contributed by atoms with Crippen LogP contribution in [0.25, 0.3) is 0 Å². The molecule has 0 aromatic heterocycles. The van der Waals surface area contributed by atoms with Crippen molar-refractivity contribution in [3.63, 3.8) is 0 Å². The molecule has 0 aliphatic carbocycles. The van der Waals surface area contributed by atoms with Gasteiger partial charge in [-0.15, -0.1) is 0 Å². The Morgan fingerprint density at radius 1 is 1.48 bits per heavy atom. The van der Waals surface area contributed by atoms with Gasteiger partial charge in [0.25, 0.3) is 0 Å². The molecule has 0 saturated carbocycles. The maximum Gasteiger partial charge on any atom is 0.310 e. The van der Waals surface area contributed by atoms with E-state index in [-0.39, 0.29) is 24.3 Å². The minimum absolute atomic E-state index is 0.156. The minimum atomic E-state index is -0.181. The van der Waals surface area contributed by atoms with E-state index in [1.165, 1.54) is 0 Å². The number of anilines is 2. The molecule has 0 radical (unpaired) electrons. The summed E-state index contributed by atoms with van der Waals surface area (Å²) in [6.07, 6.45) is 1.68. The van der Waals surface area contributed by atoms with Crippen LogP contribution in [-0.4, -0.2) is 43.0 Å². The molecule has 1 aromatic rings. The van der Waals surface area contributed by atoms with Gasteiger partial charge in [-0.3, -0.25) is 14.5 Å². The van der Waals surface area contributed by atoms with Crippen LogP contribution in [0.1, 0.15) is 19.8 Å². The summed E-state index contributed by atoms with van der Waals surface area (Å²) in [5.74, 6) is -0.503. The largest absolute Gasteiger partial charge is 0.466 e. The van der Waals surface area contributed by atoms with Gasteiger partial charge in [-0.05, 0) is 44.5 Å². The number of nitrogens with one attached hydrogen (secondary N) is 1. The first-order valence-corrected chi connectivity index (χ1v) is 8.11.